The van der Waals surface area contributed by atoms with Crippen molar-refractivity contribution in [1.29, 1.82) is 0 Å². The molecule has 0 aromatic heterocycles. The summed E-state index contributed by atoms with van der Waals surface area (Å²) in [6, 6.07) is 12.4. The Morgan fingerprint density at radius 2 is 1.66 bits per heavy atom. The van der Waals surface area contributed by atoms with E-state index in [-0.39, 0.29) is 24.0 Å². The van der Waals surface area contributed by atoms with Gasteiger partial charge < -0.3 is 29.2 Å². The zero-order valence-electron chi connectivity index (χ0n) is 21.9. The van der Waals surface area contributed by atoms with Gasteiger partial charge in [-0.1, -0.05) is 12.1 Å². The van der Waals surface area contributed by atoms with Crippen LogP contribution in [0.15, 0.2) is 53.4 Å². The molecule has 1 saturated heterocycles. The predicted octanol–water partition coefficient (Wildman–Crippen LogP) is 1.27. The van der Waals surface area contributed by atoms with Gasteiger partial charge in [-0.25, -0.2) is 8.42 Å². The zero-order chi connectivity index (χ0) is 27.5. The third-order valence-electron chi connectivity index (χ3n) is 6.08. The quantitative estimate of drug-likeness (QED) is 0.371. The van der Waals surface area contributed by atoms with Crippen LogP contribution in [0, 0.1) is 0 Å². The van der Waals surface area contributed by atoms with E-state index in [2.05, 4.69) is 5.32 Å². The van der Waals surface area contributed by atoms with Gasteiger partial charge in [-0.05, 0) is 48.9 Å². The third kappa shape index (κ3) is 7.90. The molecule has 0 unspecified atom stereocenters. The Bertz CT molecular complexity index is 1150. The highest BCUT2D eigenvalue weighted by atomic mass is 32.2. The molecule has 38 heavy (non-hydrogen) atoms. The molecule has 0 saturated carbocycles. The van der Waals surface area contributed by atoms with Gasteiger partial charge in [0, 0.05) is 33.3 Å². The highest BCUT2D eigenvalue weighted by molar-refractivity contribution is 7.89. The van der Waals surface area contributed by atoms with Gasteiger partial charge in [0.05, 0.1) is 31.8 Å². The lowest BCUT2D eigenvalue weighted by molar-refractivity contribution is -0.142. The van der Waals surface area contributed by atoms with E-state index in [0.717, 1.165) is 5.56 Å². The van der Waals surface area contributed by atoms with Crippen molar-refractivity contribution in [3.63, 3.8) is 0 Å². The molecule has 1 aliphatic rings. The number of rotatable bonds is 13. The fourth-order valence-electron chi connectivity index (χ4n) is 3.81. The normalized spacial score (nSPS) is 14.9. The maximum absolute atomic E-state index is 13.2. The van der Waals surface area contributed by atoms with Crippen LogP contribution in [0.1, 0.15) is 12.5 Å². The number of carbonyl (C=O) groups is 2. The van der Waals surface area contributed by atoms with E-state index in [9.17, 15) is 18.0 Å². The summed E-state index contributed by atoms with van der Waals surface area (Å²) in [4.78, 5) is 27.5. The lowest BCUT2D eigenvalue weighted by atomic mass is 10.1. The average Bonchev–Trinajstić information content (AvgIpc) is 2.95. The van der Waals surface area contributed by atoms with E-state index in [4.69, 9.17) is 18.9 Å². The molecule has 1 aliphatic heterocycles. The molecule has 2 aromatic carbocycles. The number of nitrogens with zero attached hydrogens (tertiary/aromatic N) is 2. The standard InChI is InChI=1S/C26H35N3O8S/c1-20(26(31)27-12-15-34-2)29(18-21-4-6-22(35-3)7-5-21)25(30)19-37-23-8-10-24(11-9-23)38(32,33)28-13-16-36-17-14-28/h4-11,20H,12-19H2,1-3H3,(H,27,31)/t20-/m0/s1. The second-order valence-electron chi connectivity index (χ2n) is 8.61. The minimum atomic E-state index is -3.63. The molecule has 0 aliphatic carbocycles. The summed E-state index contributed by atoms with van der Waals surface area (Å²) in [5.74, 6) is 0.294. The highest BCUT2D eigenvalue weighted by Crippen LogP contribution is 2.21. The number of sulfonamides is 1. The summed E-state index contributed by atoms with van der Waals surface area (Å²) >= 11 is 0. The van der Waals surface area contributed by atoms with Crippen molar-refractivity contribution in [2.24, 2.45) is 0 Å². The summed E-state index contributed by atoms with van der Waals surface area (Å²) in [6.45, 7) is 3.49. The van der Waals surface area contributed by atoms with Crippen LogP contribution in [0.25, 0.3) is 0 Å². The van der Waals surface area contributed by atoms with Gasteiger partial charge in [0.2, 0.25) is 15.9 Å². The largest absolute Gasteiger partial charge is 0.497 e. The van der Waals surface area contributed by atoms with E-state index >= 15 is 0 Å². The molecule has 2 amide bonds. The Hall–Kier alpha value is -3.19. The number of amides is 2. The molecular weight excluding hydrogens is 514 g/mol. The molecule has 12 heteroatoms. The molecule has 1 fully saturated rings. The number of nitrogens with one attached hydrogen (secondary N) is 1. The van der Waals surface area contributed by atoms with Crippen molar-refractivity contribution < 1.29 is 37.0 Å². The monoisotopic (exact) mass is 549 g/mol. The molecule has 0 spiro atoms. The van der Waals surface area contributed by atoms with E-state index in [1.807, 2.05) is 12.1 Å². The van der Waals surface area contributed by atoms with Gasteiger partial charge in [-0.2, -0.15) is 4.31 Å². The first-order valence-electron chi connectivity index (χ1n) is 12.3. The Balaban J connectivity index is 1.67. The molecule has 1 heterocycles. The molecule has 208 valence electrons. The lowest BCUT2D eigenvalue weighted by Gasteiger charge is -2.29. The third-order valence-corrected chi connectivity index (χ3v) is 7.99. The minimum absolute atomic E-state index is 0.139. The average molecular weight is 550 g/mol. The summed E-state index contributed by atoms with van der Waals surface area (Å²) in [5, 5.41) is 2.76. The van der Waals surface area contributed by atoms with Gasteiger partial charge in [-0.3, -0.25) is 9.59 Å². The fourth-order valence-corrected chi connectivity index (χ4v) is 5.21. The van der Waals surface area contributed by atoms with Crippen LogP contribution >= 0.6 is 0 Å². The Labute approximate surface area is 223 Å². The van der Waals surface area contributed by atoms with Crippen LogP contribution in [0.2, 0.25) is 0 Å². The molecule has 1 atom stereocenters. The number of ether oxygens (including phenoxy) is 4. The summed E-state index contributed by atoms with van der Waals surface area (Å²) in [5.41, 5.74) is 0.813. The first-order chi connectivity index (χ1) is 18.3. The lowest BCUT2D eigenvalue weighted by Crippen LogP contribution is -2.49. The van der Waals surface area contributed by atoms with Crippen molar-refractivity contribution in [2.45, 2.75) is 24.4 Å². The highest BCUT2D eigenvalue weighted by Gasteiger charge is 2.28. The summed E-state index contributed by atoms with van der Waals surface area (Å²) < 4.78 is 48.1. The first-order valence-corrected chi connectivity index (χ1v) is 13.7. The molecule has 2 aromatic rings. The molecule has 11 nitrogen and oxygen atoms in total. The van der Waals surface area contributed by atoms with Crippen LogP contribution < -0.4 is 14.8 Å². The number of hydrogen-bond acceptors (Lipinski definition) is 8. The maximum atomic E-state index is 13.2. The van der Waals surface area contributed by atoms with Gasteiger partial charge in [0.25, 0.3) is 5.91 Å². The first kappa shape index (κ1) is 29.4. The molecule has 1 N–H and O–H groups in total. The topological polar surface area (TPSA) is 124 Å². The van der Waals surface area contributed by atoms with Crippen molar-refractivity contribution in [3.8, 4) is 11.5 Å². The van der Waals surface area contributed by atoms with E-state index in [0.29, 0.717) is 51.0 Å². The van der Waals surface area contributed by atoms with E-state index in [1.54, 1.807) is 26.2 Å². The molecule has 0 bridgehead atoms. The van der Waals surface area contributed by atoms with Gasteiger partial charge >= 0.3 is 0 Å². The number of benzene rings is 2. The van der Waals surface area contributed by atoms with Crippen molar-refractivity contribution >= 4 is 21.8 Å². The fraction of sp³-hybridized carbons (Fsp3) is 0.462. The molecule has 0 radical (unpaired) electrons. The number of morpholine rings is 1. The van der Waals surface area contributed by atoms with Crippen LogP contribution in [-0.2, 0) is 35.6 Å². The molecular formula is C26H35N3O8S. The Morgan fingerprint density at radius 3 is 2.26 bits per heavy atom. The maximum Gasteiger partial charge on any atom is 0.261 e. The van der Waals surface area contributed by atoms with Crippen LogP contribution in [0.4, 0.5) is 0 Å². The summed E-state index contributed by atoms with van der Waals surface area (Å²) in [6.07, 6.45) is 0. The van der Waals surface area contributed by atoms with Gasteiger partial charge in [0.1, 0.15) is 17.5 Å². The van der Waals surface area contributed by atoms with Gasteiger partial charge in [-0.15, -0.1) is 0 Å². The van der Waals surface area contributed by atoms with Crippen LogP contribution in [-0.4, -0.2) is 95.8 Å². The van der Waals surface area contributed by atoms with Crippen molar-refractivity contribution in [2.75, 3.05) is 60.3 Å². The van der Waals surface area contributed by atoms with Gasteiger partial charge in [0.15, 0.2) is 6.61 Å². The number of hydrogen-bond donors (Lipinski definition) is 1. The zero-order valence-corrected chi connectivity index (χ0v) is 22.7. The molecule has 3 rings (SSSR count). The second-order valence-corrected chi connectivity index (χ2v) is 10.5. The number of carbonyl (C=O) groups excluding carboxylic acids is 2. The Kier molecular flexibility index (Phi) is 10.9. The van der Waals surface area contributed by atoms with Crippen LogP contribution in [0.5, 0.6) is 11.5 Å². The second kappa shape index (κ2) is 14.1. The van der Waals surface area contributed by atoms with Crippen molar-refractivity contribution in [3.05, 3.63) is 54.1 Å². The van der Waals surface area contributed by atoms with Crippen LogP contribution in [0.3, 0.4) is 0 Å². The minimum Gasteiger partial charge on any atom is -0.497 e. The van der Waals surface area contributed by atoms with Crippen molar-refractivity contribution in [1.82, 2.24) is 14.5 Å². The smallest absolute Gasteiger partial charge is 0.261 e. The Morgan fingerprint density at radius 1 is 1.03 bits per heavy atom. The SMILES string of the molecule is COCCNC(=O)[C@H](C)N(Cc1ccc(OC)cc1)C(=O)COc1ccc(S(=O)(=O)N2CCOCC2)cc1. The summed E-state index contributed by atoms with van der Waals surface area (Å²) in [7, 11) is -0.526. The number of methoxy groups -OCH3 is 2. The van der Waals surface area contributed by atoms with E-state index in [1.165, 1.54) is 40.6 Å². The van der Waals surface area contributed by atoms with E-state index < -0.39 is 22.0 Å². The predicted molar refractivity (Wildman–Crippen MR) is 139 cm³/mol.